The summed E-state index contributed by atoms with van der Waals surface area (Å²) in [5.74, 6) is -0.883. The molecule has 8 nitrogen and oxygen atoms in total. The maximum Gasteiger partial charge on any atom is 0.347 e. The van der Waals surface area contributed by atoms with Gasteiger partial charge >= 0.3 is 6.03 Å². The number of methoxy groups -OCH3 is 1. The highest BCUT2D eigenvalue weighted by Crippen LogP contribution is 2.07. The third-order valence-electron chi connectivity index (χ3n) is 2.26. The first-order chi connectivity index (χ1) is 8.38. The Bertz CT molecular complexity index is 471. The Hall–Kier alpha value is -1.32. The van der Waals surface area contributed by atoms with Gasteiger partial charge in [0, 0.05) is 26.0 Å². The molecule has 2 N–H and O–H groups in total. The molecule has 1 aliphatic heterocycles. The Kier molecular flexibility index (Phi) is 4.93. The number of aliphatic imine (C=N–C) groups is 1. The minimum atomic E-state index is -3.89. The fraction of sp³-hybridized carbons (Fsp3) is 0.667. The number of nitrogens with one attached hydrogen (secondary N) is 2. The lowest BCUT2D eigenvalue weighted by Gasteiger charge is -2.20. The highest BCUT2D eigenvalue weighted by Gasteiger charge is 2.38. The number of ether oxygens (including phenoxy) is 1. The van der Waals surface area contributed by atoms with E-state index in [0.717, 1.165) is 0 Å². The van der Waals surface area contributed by atoms with Crippen LogP contribution in [0.15, 0.2) is 4.99 Å². The molecule has 102 valence electrons. The van der Waals surface area contributed by atoms with Crippen molar-refractivity contribution in [3.8, 4) is 0 Å². The van der Waals surface area contributed by atoms with Crippen LogP contribution in [-0.2, 0) is 19.6 Å². The van der Waals surface area contributed by atoms with Crippen molar-refractivity contribution >= 4 is 27.7 Å². The molecular weight excluding hydrogens is 262 g/mol. The number of rotatable bonds is 6. The standard InChI is InChI=1S/C9H15N3O5S/c1-6-7(8(13)12-9(14)11-6)18(15,16)10-4-3-5-17-2/h7,10H,3-5H2,1-2H3,(H,12,13,14). The zero-order valence-electron chi connectivity index (χ0n) is 10.1. The lowest BCUT2D eigenvalue weighted by molar-refractivity contribution is -0.118. The van der Waals surface area contributed by atoms with Gasteiger partial charge in [-0.2, -0.15) is 0 Å². The maximum absolute atomic E-state index is 11.9. The summed E-state index contributed by atoms with van der Waals surface area (Å²) in [6.45, 7) is 1.89. The van der Waals surface area contributed by atoms with Crippen LogP contribution in [0.5, 0.6) is 0 Å². The van der Waals surface area contributed by atoms with Crippen LogP contribution in [0, 0.1) is 0 Å². The largest absolute Gasteiger partial charge is 0.385 e. The minimum absolute atomic E-state index is 0.0389. The molecule has 9 heteroatoms. The lowest BCUT2D eigenvalue weighted by Crippen LogP contribution is -2.53. The molecule has 1 atom stereocenters. The second-order valence-corrected chi connectivity index (χ2v) is 5.56. The van der Waals surface area contributed by atoms with E-state index in [1.165, 1.54) is 14.0 Å². The molecule has 0 spiro atoms. The second kappa shape index (κ2) is 6.03. The van der Waals surface area contributed by atoms with E-state index in [4.69, 9.17) is 4.74 Å². The van der Waals surface area contributed by atoms with Crippen LogP contribution >= 0.6 is 0 Å². The van der Waals surface area contributed by atoms with Crippen molar-refractivity contribution in [1.29, 1.82) is 0 Å². The number of amides is 3. The van der Waals surface area contributed by atoms with Crippen molar-refractivity contribution in [3.05, 3.63) is 0 Å². The molecule has 0 aromatic heterocycles. The van der Waals surface area contributed by atoms with E-state index in [0.29, 0.717) is 13.0 Å². The summed E-state index contributed by atoms with van der Waals surface area (Å²) in [6, 6.07) is -0.844. The van der Waals surface area contributed by atoms with Crippen molar-refractivity contribution in [1.82, 2.24) is 10.0 Å². The Labute approximate surface area is 105 Å². The van der Waals surface area contributed by atoms with E-state index in [2.05, 4.69) is 9.71 Å². The molecule has 0 saturated carbocycles. The van der Waals surface area contributed by atoms with Crippen molar-refractivity contribution < 1.29 is 22.7 Å². The van der Waals surface area contributed by atoms with Crippen LogP contribution in [0.3, 0.4) is 0 Å². The van der Waals surface area contributed by atoms with Crippen molar-refractivity contribution in [2.24, 2.45) is 4.99 Å². The maximum atomic E-state index is 11.9. The van der Waals surface area contributed by atoms with Gasteiger partial charge < -0.3 is 4.74 Å². The molecular formula is C9H15N3O5S. The highest BCUT2D eigenvalue weighted by atomic mass is 32.2. The predicted molar refractivity (Wildman–Crippen MR) is 63.9 cm³/mol. The van der Waals surface area contributed by atoms with Crippen LogP contribution in [0.4, 0.5) is 4.79 Å². The number of hydrogen-bond donors (Lipinski definition) is 2. The van der Waals surface area contributed by atoms with Gasteiger partial charge in [-0.25, -0.2) is 22.9 Å². The molecule has 0 aliphatic carbocycles. The molecule has 18 heavy (non-hydrogen) atoms. The zero-order valence-corrected chi connectivity index (χ0v) is 10.9. The topological polar surface area (TPSA) is 114 Å². The van der Waals surface area contributed by atoms with E-state index in [1.54, 1.807) is 0 Å². The Balaban J connectivity index is 2.75. The van der Waals surface area contributed by atoms with E-state index < -0.39 is 27.2 Å². The van der Waals surface area contributed by atoms with Gasteiger partial charge in [-0.1, -0.05) is 0 Å². The minimum Gasteiger partial charge on any atom is -0.385 e. The van der Waals surface area contributed by atoms with Gasteiger partial charge in [-0.3, -0.25) is 10.1 Å². The zero-order chi connectivity index (χ0) is 13.8. The van der Waals surface area contributed by atoms with Gasteiger partial charge in [0.15, 0.2) is 5.25 Å². The van der Waals surface area contributed by atoms with Crippen LogP contribution in [0.1, 0.15) is 13.3 Å². The third kappa shape index (κ3) is 3.59. The predicted octanol–water partition coefficient (Wildman–Crippen LogP) is -0.978. The monoisotopic (exact) mass is 277 g/mol. The van der Waals surface area contributed by atoms with Crippen molar-refractivity contribution in [2.45, 2.75) is 18.6 Å². The third-order valence-corrected chi connectivity index (χ3v) is 4.05. The van der Waals surface area contributed by atoms with Gasteiger partial charge in [-0.05, 0) is 13.3 Å². The van der Waals surface area contributed by atoms with Gasteiger partial charge in [0.05, 0.1) is 0 Å². The Morgan fingerprint density at radius 3 is 2.67 bits per heavy atom. The van der Waals surface area contributed by atoms with Crippen LogP contribution in [-0.4, -0.2) is 51.6 Å². The molecule has 0 bridgehead atoms. The quantitative estimate of drug-likeness (QED) is 0.606. The summed E-state index contributed by atoms with van der Waals surface area (Å²) in [6.07, 6.45) is 0.485. The molecule has 0 saturated heterocycles. The van der Waals surface area contributed by atoms with Gasteiger partial charge in [0.2, 0.25) is 10.0 Å². The van der Waals surface area contributed by atoms with Crippen LogP contribution in [0.2, 0.25) is 0 Å². The number of urea groups is 1. The van der Waals surface area contributed by atoms with Gasteiger partial charge in [-0.15, -0.1) is 0 Å². The molecule has 1 aliphatic rings. The number of nitrogens with zero attached hydrogens (tertiary/aromatic N) is 1. The first kappa shape index (κ1) is 14.7. The molecule has 0 aromatic carbocycles. The number of imide groups is 1. The molecule has 1 rings (SSSR count). The average molecular weight is 277 g/mol. The highest BCUT2D eigenvalue weighted by molar-refractivity contribution is 7.91. The summed E-state index contributed by atoms with van der Waals surface area (Å²) >= 11 is 0. The summed E-state index contributed by atoms with van der Waals surface area (Å²) in [4.78, 5) is 25.8. The fourth-order valence-corrected chi connectivity index (χ4v) is 2.93. The number of sulfonamides is 1. The number of carbonyl (C=O) groups is 2. The normalized spacial score (nSPS) is 20.6. The number of carbonyl (C=O) groups excluding carboxylic acids is 2. The van der Waals surface area contributed by atoms with Crippen molar-refractivity contribution in [3.63, 3.8) is 0 Å². The van der Waals surface area contributed by atoms with Crippen LogP contribution in [0.25, 0.3) is 0 Å². The second-order valence-electron chi connectivity index (χ2n) is 3.71. The fourth-order valence-electron chi connectivity index (χ4n) is 1.49. The lowest BCUT2D eigenvalue weighted by atomic mass is 10.2. The molecule has 0 aromatic rings. The van der Waals surface area contributed by atoms with E-state index in [9.17, 15) is 18.0 Å². The molecule has 0 radical (unpaired) electrons. The van der Waals surface area contributed by atoms with Gasteiger partial charge in [0.1, 0.15) is 0 Å². The summed E-state index contributed by atoms with van der Waals surface area (Å²) < 4.78 is 30.8. The molecule has 1 heterocycles. The first-order valence-corrected chi connectivity index (χ1v) is 6.80. The smallest absolute Gasteiger partial charge is 0.347 e. The SMILES string of the molecule is COCCCNS(=O)(=O)C1C(=O)NC(=O)N=C1C. The van der Waals surface area contributed by atoms with Crippen LogP contribution < -0.4 is 10.0 Å². The molecule has 0 fully saturated rings. The van der Waals surface area contributed by atoms with E-state index >= 15 is 0 Å². The average Bonchev–Trinajstić information content (AvgIpc) is 2.22. The van der Waals surface area contributed by atoms with Crippen molar-refractivity contribution in [2.75, 3.05) is 20.3 Å². The summed E-state index contributed by atoms with van der Waals surface area (Å²) in [5.41, 5.74) is -0.0389. The summed E-state index contributed by atoms with van der Waals surface area (Å²) in [5, 5.41) is 0.398. The Morgan fingerprint density at radius 1 is 1.44 bits per heavy atom. The summed E-state index contributed by atoms with van der Waals surface area (Å²) in [7, 11) is -2.38. The number of hydrogen-bond acceptors (Lipinski definition) is 5. The Morgan fingerprint density at radius 2 is 2.11 bits per heavy atom. The molecule has 3 amide bonds. The molecule has 1 unspecified atom stereocenters. The van der Waals surface area contributed by atoms with Gasteiger partial charge in [0.25, 0.3) is 5.91 Å². The van der Waals surface area contributed by atoms with E-state index in [1.807, 2.05) is 5.32 Å². The van der Waals surface area contributed by atoms with E-state index in [-0.39, 0.29) is 12.3 Å². The first-order valence-electron chi connectivity index (χ1n) is 5.26.